The standard InChI is InChI=1S/C35H47NO5.C33H45NO5/c1-4-5-6-7-8-9-10-11-12-13-14-15-16-17-18-19-20-21-22-27-33(37)36-31(28-29(2)3)35(40)41-32-26-24-23-25-30(32)34(38)39;1-4-5-6-7-8-9-10-11-12-13-14-15-16-17-18-19-20-25-31(35)34-29(26-27(2)3)33(38)39-30-24-22-21-23-28(30)32(36)37/h5-6,8-9,11-12,14-15,17-18,20-21,23-26,29,31H,4,7,10,13,16,19,22,27-28H2,1-3H3,(H,36,37)(H,38,39);5-6,8-9,11-12,14-15,17-18,21-24,27,29H,4,7,10,13,16,19-20,25-26H2,1-3H3,(H,34,35)(H,36,37)/b6-5-,9-8-,12-11-,15-14-,18-17-,21-20-;6-5-,9-8-,12-11-,15-14-,18-17-. The first kappa shape index (κ1) is 70.4. The van der Waals surface area contributed by atoms with Gasteiger partial charge in [-0.1, -0.05) is 199 Å². The van der Waals surface area contributed by atoms with Crippen molar-refractivity contribution >= 4 is 35.7 Å². The van der Waals surface area contributed by atoms with Crippen LogP contribution in [0, 0.1) is 11.8 Å². The fourth-order valence-electron chi connectivity index (χ4n) is 7.33. The summed E-state index contributed by atoms with van der Waals surface area (Å²) >= 11 is 0. The Labute approximate surface area is 478 Å². The number of allylic oxidation sites excluding steroid dienone is 22. The molecule has 80 heavy (non-hydrogen) atoms. The van der Waals surface area contributed by atoms with Crippen LogP contribution in [0.3, 0.4) is 0 Å². The second kappa shape index (κ2) is 47.4. The van der Waals surface area contributed by atoms with Gasteiger partial charge in [-0.05, 0) is 139 Å². The number of aromatic carboxylic acids is 2. The Bertz CT molecular complexity index is 2450. The molecule has 2 aromatic rings. The third-order valence-corrected chi connectivity index (χ3v) is 11.4. The number of benzene rings is 2. The van der Waals surface area contributed by atoms with Crippen molar-refractivity contribution in [3.05, 3.63) is 193 Å². The molecule has 0 aliphatic heterocycles. The van der Waals surface area contributed by atoms with Gasteiger partial charge >= 0.3 is 23.9 Å². The van der Waals surface area contributed by atoms with Crippen molar-refractivity contribution in [1.82, 2.24) is 10.6 Å². The van der Waals surface area contributed by atoms with Gasteiger partial charge in [-0.15, -0.1) is 0 Å². The molecule has 0 aliphatic carbocycles. The summed E-state index contributed by atoms with van der Waals surface area (Å²) in [5.41, 5.74) is -0.203. The lowest BCUT2D eigenvalue weighted by Crippen LogP contribution is -2.43. The van der Waals surface area contributed by atoms with E-state index in [1.165, 1.54) is 24.3 Å². The number of amides is 2. The first-order valence-corrected chi connectivity index (χ1v) is 28.5. The van der Waals surface area contributed by atoms with Crippen LogP contribution in [0.5, 0.6) is 11.5 Å². The minimum absolute atomic E-state index is 0.0311. The Hall–Kier alpha value is -7.60. The molecule has 4 N–H and O–H groups in total. The van der Waals surface area contributed by atoms with Crippen molar-refractivity contribution in [2.45, 2.75) is 169 Å². The van der Waals surface area contributed by atoms with Crippen molar-refractivity contribution in [3.63, 3.8) is 0 Å². The Morgan fingerprint density at radius 3 is 1.01 bits per heavy atom. The number of carbonyl (C=O) groups excluding carboxylic acids is 4. The number of unbranched alkanes of at least 4 members (excludes halogenated alkanes) is 1. The maximum Gasteiger partial charge on any atom is 0.339 e. The molecule has 0 fully saturated rings. The molecule has 2 aromatic carbocycles. The van der Waals surface area contributed by atoms with Crippen LogP contribution in [0.2, 0.25) is 0 Å². The van der Waals surface area contributed by atoms with Gasteiger partial charge in [0.15, 0.2) is 0 Å². The summed E-state index contributed by atoms with van der Waals surface area (Å²) in [5.74, 6) is -3.98. The number of hydrogen-bond acceptors (Lipinski definition) is 8. The lowest BCUT2D eigenvalue weighted by molar-refractivity contribution is -0.140. The summed E-state index contributed by atoms with van der Waals surface area (Å²) in [5, 5.41) is 24.1. The molecule has 2 rings (SSSR count). The summed E-state index contributed by atoms with van der Waals surface area (Å²) < 4.78 is 10.7. The van der Waals surface area contributed by atoms with E-state index < -0.39 is 36.0 Å². The molecule has 0 aliphatic rings. The summed E-state index contributed by atoms with van der Waals surface area (Å²) in [6.45, 7) is 12.0. The Kier molecular flexibility index (Phi) is 41.7. The van der Waals surface area contributed by atoms with Crippen LogP contribution in [-0.4, -0.2) is 58.0 Å². The fourth-order valence-corrected chi connectivity index (χ4v) is 7.33. The molecule has 0 saturated heterocycles. The highest BCUT2D eigenvalue weighted by Crippen LogP contribution is 2.21. The SMILES string of the molecule is CC/C=C\C/C=C\C/C=C\C/C=C\C/C=C\C/C=C\CCC(=O)NC(CC(C)C)C(=O)Oc1ccccc1C(=O)O.CC/C=C\C/C=C\C/C=C\C/C=C\C/C=C\CCCC(=O)NC(CC(C)C)C(=O)Oc1ccccc1C(=O)O. The molecule has 12 nitrogen and oxygen atoms in total. The zero-order chi connectivity index (χ0) is 58.9. The Morgan fingerprint density at radius 1 is 0.412 bits per heavy atom. The van der Waals surface area contributed by atoms with Gasteiger partial charge in [0, 0.05) is 12.8 Å². The van der Waals surface area contributed by atoms with Gasteiger partial charge in [0.2, 0.25) is 11.8 Å². The van der Waals surface area contributed by atoms with E-state index in [-0.39, 0.29) is 52.7 Å². The molecule has 0 saturated carbocycles. The van der Waals surface area contributed by atoms with Crippen molar-refractivity contribution in [2.24, 2.45) is 11.8 Å². The third-order valence-electron chi connectivity index (χ3n) is 11.4. The van der Waals surface area contributed by atoms with Gasteiger partial charge in [0.1, 0.15) is 34.7 Å². The second-order valence-corrected chi connectivity index (χ2v) is 19.5. The van der Waals surface area contributed by atoms with Crippen molar-refractivity contribution < 1.29 is 48.5 Å². The van der Waals surface area contributed by atoms with Crippen LogP contribution in [-0.2, 0) is 19.2 Å². The average molecular weight is 1100 g/mol. The first-order valence-electron chi connectivity index (χ1n) is 28.5. The van der Waals surface area contributed by atoms with E-state index in [1.807, 2.05) is 39.8 Å². The van der Waals surface area contributed by atoms with Gasteiger partial charge in [0.05, 0.1) is 0 Å². The van der Waals surface area contributed by atoms with E-state index in [1.54, 1.807) is 24.3 Å². The topological polar surface area (TPSA) is 185 Å². The van der Waals surface area contributed by atoms with E-state index in [0.717, 1.165) is 77.0 Å². The van der Waals surface area contributed by atoms with Crippen LogP contribution in [0.15, 0.2) is 182 Å². The summed E-state index contributed by atoms with van der Waals surface area (Å²) in [6.07, 6.45) is 60.9. The van der Waals surface area contributed by atoms with Crippen LogP contribution in [0.1, 0.15) is 178 Å². The van der Waals surface area contributed by atoms with Gasteiger partial charge in [-0.2, -0.15) is 0 Å². The number of carbonyl (C=O) groups is 6. The van der Waals surface area contributed by atoms with E-state index in [0.29, 0.717) is 32.1 Å². The van der Waals surface area contributed by atoms with Crippen molar-refractivity contribution in [3.8, 4) is 11.5 Å². The fraction of sp³-hybridized carbons (Fsp3) is 0.412. The summed E-state index contributed by atoms with van der Waals surface area (Å²) in [7, 11) is 0. The maximum atomic E-state index is 12.7. The quantitative estimate of drug-likeness (QED) is 0.0217. The molecular weight excluding hydrogens is 1000 g/mol. The Morgan fingerprint density at radius 2 is 0.700 bits per heavy atom. The largest absolute Gasteiger partial charge is 0.478 e. The number of rotatable bonds is 39. The lowest BCUT2D eigenvalue weighted by Gasteiger charge is -2.19. The zero-order valence-corrected chi connectivity index (χ0v) is 48.5. The predicted molar refractivity (Wildman–Crippen MR) is 327 cm³/mol. The minimum atomic E-state index is -1.19. The number of esters is 2. The Balaban J connectivity index is 0.000000801. The second-order valence-electron chi connectivity index (χ2n) is 19.5. The molecule has 0 heterocycles. The average Bonchev–Trinajstić information content (AvgIpc) is 3.43. The third kappa shape index (κ3) is 38.0. The lowest BCUT2D eigenvalue weighted by atomic mass is 10.0. The van der Waals surface area contributed by atoms with Crippen LogP contribution in [0.25, 0.3) is 0 Å². The summed E-state index contributed by atoms with van der Waals surface area (Å²) in [6, 6.07) is 10.2. The van der Waals surface area contributed by atoms with Gasteiger partial charge in [-0.25, -0.2) is 19.2 Å². The molecule has 0 radical (unpaired) electrons. The van der Waals surface area contributed by atoms with E-state index in [2.05, 4.69) is 146 Å². The van der Waals surface area contributed by atoms with Gasteiger partial charge in [-0.3, -0.25) is 9.59 Å². The van der Waals surface area contributed by atoms with Gasteiger partial charge < -0.3 is 30.3 Å². The molecule has 0 bridgehead atoms. The monoisotopic (exact) mass is 1100 g/mol. The number of nitrogens with one attached hydrogen (secondary N) is 2. The summed E-state index contributed by atoms with van der Waals surface area (Å²) in [4.78, 5) is 73.2. The molecular formula is C68H92N2O10. The zero-order valence-electron chi connectivity index (χ0n) is 48.5. The highest BCUT2D eigenvalue weighted by Gasteiger charge is 2.27. The molecule has 2 amide bonds. The first-order chi connectivity index (χ1) is 38.7. The number of ether oxygens (including phenoxy) is 2. The van der Waals surface area contributed by atoms with E-state index in [9.17, 15) is 39.0 Å². The van der Waals surface area contributed by atoms with Crippen molar-refractivity contribution in [1.29, 1.82) is 0 Å². The minimum Gasteiger partial charge on any atom is -0.478 e. The predicted octanol–water partition coefficient (Wildman–Crippen LogP) is 16.0. The van der Waals surface area contributed by atoms with Crippen LogP contribution in [0.4, 0.5) is 0 Å². The molecule has 2 atom stereocenters. The van der Waals surface area contributed by atoms with Crippen LogP contribution < -0.4 is 20.1 Å². The smallest absolute Gasteiger partial charge is 0.339 e. The molecule has 2 unspecified atom stereocenters. The number of carboxylic acids is 2. The normalized spacial score (nSPS) is 13.0. The number of carboxylic acid groups (broad SMARTS) is 2. The molecule has 0 spiro atoms. The highest BCUT2D eigenvalue weighted by molar-refractivity contribution is 5.94. The number of para-hydroxylation sites is 2. The molecule has 0 aromatic heterocycles. The van der Waals surface area contributed by atoms with E-state index in [4.69, 9.17) is 9.47 Å². The van der Waals surface area contributed by atoms with Gasteiger partial charge in [0.25, 0.3) is 0 Å². The van der Waals surface area contributed by atoms with Crippen molar-refractivity contribution in [2.75, 3.05) is 0 Å². The molecule has 434 valence electrons. The maximum absolute atomic E-state index is 12.7. The van der Waals surface area contributed by atoms with Crippen LogP contribution >= 0.6 is 0 Å². The van der Waals surface area contributed by atoms with E-state index >= 15 is 0 Å². The number of hydrogen-bond donors (Lipinski definition) is 4. The highest BCUT2D eigenvalue weighted by atomic mass is 16.5. The molecule has 12 heteroatoms.